The highest BCUT2D eigenvalue weighted by Gasteiger charge is 2.35. The van der Waals surface area contributed by atoms with Gasteiger partial charge in [0.15, 0.2) is 0 Å². The molecule has 0 unspecified atom stereocenters. The summed E-state index contributed by atoms with van der Waals surface area (Å²) in [5, 5.41) is 0. The standard InChI is InChI=1S/C41H62N2/c1-5-9-13-15-17-20-25-35-27-23-28-36(33-35)40-38(30-12-8-4)39(31-21-18-16-14-10-6-2)41(43(40)42)37-29-22-26-34(32-37)24-19-11-7-3/h22-23,26-29,32-33H,5-21,24-25,30-31H2,1-4H3. The van der Waals surface area contributed by atoms with Crippen molar-refractivity contribution >= 4 is 11.4 Å². The van der Waals surface area contributed by atoms with Crippen LogP contribution in [0.1, 0.15) is 172 Å². The quantitative estimate of drug-likeness (QED) is 0.0920. The van der Waals surface area contributed by atoms with Crippen molar-refractivity contribution in [3.05, 3.63) is 87.5 Å². The van der Waals surface area contributed by atoms with Gasteiger partial charge in [0, 0.05) is 22.3 Å². The van der Waals surface area contributed by atoms with Crippen molar-refractivity contribution in [2.75, 3.05) is 0 Å². The number of hydrogen-bond donors (Lipinski definition) is 0. The van der Waals surface area contributed by atoms with Crippen LogP contribution in [0.15, 0.2) is 59.7 Å². The van der Waals surface area contributed by atoms with Crippen LogP contribution >= 0.6 is 0 Å². The van der Waals surface area contributed by atoms with Crippen LogP contribution < -0.4 is 0 Å². The van der Waals surface area contributed by atoms with Gasteiger partial charge in [0.05, 0.1) is 0 Å². The van der Waals surface area contributed by atoms with Crippen molar-refractivity contribution in [2.24, 2.45) is 0 Å². The molecule has 0 radical (unpaired) electrons. The molecule has 2 aromatic rings. The Morgan fingerprint density at radius 2 is 0.814 bits per heavy atom. The van der Waals surface area contributed by atoms with Gasteiger partial charge >= 0.3 is 0 Å². The predicted octanol–water partition coefficient (Wildman–Crippen LogP) is 13.4. The molecule has 1 heterocycles. The van der Waals surface area contributed by atoms with Crippen molar-refractivity contribution in [1.29, 1.82) is 0 Å². The van der Waals surface area contributed by atoms with Crippen LogP contribution in [0.25, 0.3) is 16.9 Å². The number of aryl methyl sites for hydroxylation is 2. The second-order valence-corrected chi connectivity index (χ2v) is 13.0. The van der Waals surface area contributed by atoms with Crippen LogP contribution in [-0.4, -0.2) is 4.70 Å². The molecule has 0 atom stereocenters. The number of hydrogen-bond acceptors (Lipinski definition) is 0. The average Bonchev–Trinajstić information content (AvgIpc) is 3.30. The molecule has 43 heavy (non-hydrogen) atoms. The monoisotopic (exact) mass is 582 g/mol. The van der Waals surface area contributed by atoms with Gasteiger partial charge in [-0.2, -0.15) is 0 Å². The first-order valence-electron chi connectivity index (χ1n) is 18.3. The largest absolute Gasteiger partial charge is 0.493 e. The van der Waals surface area contributed by atoms with Gasteiger partial charge < -0.3 is 5.53 Å². The zero-order valence-electron chi connectivity index (χ0n) is 28.4. The van der Waals surface area contributed by atoms with Gasteiger partial charge in [-0.15, -0.1) is 0 Å². The molecule has 0 saturated heterocycles. The van der Waals surface area contributed by atoms with Gasteiger partial charge in [-0.25, -0.2) is 4.70 Å². The number of allylic oxidation sites excluding steroid dienone is 2. The zero-order chi connectivity index (χ0) is 30.7. The van der Waals surface area contributed by atoms with Crippen molar-refractivity contribution < 1.29 is 4.70 Å². The Labute approximate surface area is 265 Å². The minimum Gasteiger partial charge on any atom is -0.493 e. The molecular weight excluding hydrogens is 520 g/mol. The normalized spacial score (nSPS) is 13.5. The Morgan fingerprint density at radius 3 is 1.30 bits per heavy atom. The Balaban J connectivity index is 1.93. The predicted molar refractivity (Wildman–Crippen MR) is 188 cm³/mol. The molecule has 0 aliphatic carbocycles. The molecule has 0 aromatic heterocycles. The molecule has 0 saturated carbocycles. The van der Waals surface area contributed by atoms with E-state index in [1.807, 2.05) is 0 Å². The number of nitrogens with zero attached hydrogens (tertiary/aromatic N) is 2. The van der Waals surface area contributed by atoms with E-state index in [9.17, 15) is 5.53 Å². The van der Waals surface area contributed by atoms with E-state index in [0.717, 1.165) is 49.9 Å². The second kappa shape index (κ2) is 20.5. The lowest BCUT2D eigenvalue weighted by molar-refractivity contribution is -0.345. The smallest absolute Gasteiger partial charge is 0.211 e. The van der Waals surface area contributed by atoms with Gasteiger partial charge in [-0.3, -0.25) is 0 Å². The summed E-state index contributed by atoms with van der Waals surface area (Å²) in [6, 6.07) is 18.1. The molecule has 0 amide bonds. The Hall–Kier alpha value is -2.48. The summed E-state index contributed by atoms with van der Waals surface area (Å²) in [7, 11) is 0. The third kappa shape index (κ3) is 11.2. The molecule has 1 aliphatic heterocycles. The fourth-order valence-corrected chi connectivity index (χ4v) is 6.66. The highest BCUT2D eigenvalue weighted by Crippen LogP contribution is 2.44. The summed E-state index contributed by atoms with van der Waals surface area (Å²) in [5.41, 5.74) is 22.0. The lowest BCUT2D eigenvalue weighted by Gasteiger charge is -2.12. The molecule has 0 fully saturated rings. The molecule has 1 aliphatic rings. The maximum absolute atomic E-state index is 12.1. The van der Waals surface area contributed by atoms with E-state index in [-0.39, 0.29) is 0 Å². The Morgan fingerprint density at radius 1 is 0.442 bits per heavy atom. The van der Waals surface area contributed by atoms with Gasteiger partial charge in [0.2, 0.25) is 11.4 Å². The van der Waals surface area contributed by atoms with E-state index >= 15 is 0 Å². The first kappa shape index (κ1) is 35.0. The van der Waals surface area contributed by atoms with E-state index in [4.69, 9.17) is 0 Å². The highest BCUT2D eigenvalue weighted by molar-refractivity contribution is 5.82. The fraction of sp³-hybridized carbons (Fsp3) is 0.610. The zero-order valence-corrected chi connectivity index (χ0v) is 28.4. The minimum atomic E-state index is 1.02. The molecular formula is C41H62N2. The minimum absolute atomic E-state index is 1.02. The van der Waals surface area contributed by atoms with Crippen molar-refractivity contribution in [2.45, 2.75) is 163 Å². The van der Waals surface area contributed by atoms with Gasteiger partial charge in [-0.1, -0.05) is 135 Å². The summed E-state index contributed by atoms with van der Waals surface area (Å²) in [6.07, 6.45) is 26.0. The van der Waals surface area contributed by atoms with Crippen LogP contribution in [0, 0.1) is 0 Å². The molecule has 3 rings (SSSR count). The maximum atomic E-state index is 12.1. The molecule has 2 heteroatoms. The van der Waals surface area contributed by atoms with E-state index in [1.165, 1.54) is 130 Å². The second-order valence-electron chi connectivity index (χ2n) is 13.0. The van der Waals surface area contributed by atoms with Gasteiger partial charge in [0.1, 0.15) is 0 Å². The summed E-state index contributed by atoms with van der Waals surface area (Å²) in [6.45, 7) is 9.12. The Bertz CT molecular complexity index is 1170. The van der Waals surface area contributed by atoms with Crippen molar-refractivity contribution in [3.63, 3.8) is 0 Å². The van der Waals surface area contributed by atoms with Gasteiger partial charge in [0.25, 0.3) is 0 Å². The van der Waals surface area contributed by atoms with E-state index in [0.29, 0.717) is 0 Å². The lowest BCUT2D eigenvalue weighted by Crippen LogP contribution is -2.03. The molecule has 0 bridgehead atoms. The SMILES string of the molecule is CCCCCCCCC1=C(c2cccc(CCCCC)c2)[N+](=[N-])C(c2cccc(CCCCCCCC)c2)=C1CCCC. The lowest BCUT2D eigenvalue weighted by atomic mass is 9.91. The third-order valence-electron chi connectivity index (χ3n) is 9.21. The molecule has 2 aromatic carbocycles. The average molecular weight is 583 g/mol. The van der Waals surface area contributed by atoms with Crippen molar-refractivity contribution in [1.82, 2.24) is 0 Å². The van der Waals surface area contributed by atoms with Crippen LogP contribution in [0.5, 0.6) is 0 Å². The molecule has 0 N–H and O–H groups in total. The van der Waals surface area contributed by atoms with E-state index in [1.54, 1.807) is 4.70 Å². The van der Waals surface area contributed by atoms with Crippen LogP contribution in [0.2, 0.25) is 0 Å². The van der Waals surface area contributed by atoms with Crippen LogP contribution in [0.3, 0.4) is 0 Å². The molecule has 236 valence electrons. The molecule has 2 nitrogen and oxygen atoms in total. The number of rotatable bonds is 23. The summed E-state index contributed by atoms with van der Waals surface area (Å²) < 4.78 is 1.59. The van der Waals surface area contributed by atoms with Gasteiger partial charge in [-0.05, 0) is 86.8 Å². The maximum Gasteiger partial charge on any atom is 0.211 e. The van der Waals surface area contributed by atoms with Crippen molar-refractivity contribution in [3.8, 4) is 0 Å². The first-order chi connectivity index (χ1) is 21.1. The molecule has 0 spiro atoms. The Kier molecular flexibility index (Phi) is 16.7. The first-order valence-corrected chi connectivity index (χ1v) is 18.3. The topological polar surface area (TPSA) is 25.3 Å². The van der Waals surface area contributed by atoms with Crippen LogP contribution in [0.4, 0.5) is 0 Å². The number of unbranched alkanes of at least 4 members (excludes halogenated alkanes) is 13. The third-order valence-corrected chi connectivity index (χ3v) is 9.21. The highest BCUT2D eigenvalue weighted by atomic mass is 15.2. The fourth-order valence-electron chi connectivity index (χ4n) is 6.66. The van der Waals surface area contributed by atoms with E-state index < -0.39 is 0 Å². The summed E-state index contributed by atoms with van der Waals surface area (Å²) in [4.78, 5) is 0. The van der Waals surface area contributed by atoms with Crippen LogP contribution in [-0.2, 0) is 12.8 Å². The number of benzene rings is 2. The summed E-state index contributed by atoms with van der Waals surface area (Å²) >= 11 is 0. The summed E-state index contributed by atoms with van der Waals surface area (Å²) in [5.74, 6) is 0. The van der Waals surface area contributed by atoms with E-state index in [2.05, 4.69) is 76.2 Å².